The molecule has 2 aromatic carbocycles. The highest BCUT2D eigenvalue weighted by molar-refractivity contribution is 9.10. The van der Waals surface area contributed by atoms with Gasteiger partial charge in [-0.25, -0.2) is 9.50 Å². The Labute approximate surface area is 214 Å². The highest BCUT2D eigenvalue weighted by Gasteiger charge is 2.36. The van der Waals surface area contributed by atoms with Gasteiger partial charge < -0.3 is 5.32 Å². The van der Waals surface area contributed by atoms with E-state index in [2.05, 4.69) is 31.3 Å². The van der Waals surface area contributed by atoms with E-state index in [9.17, 15) is 22.8 Å². The van der Waals surface area contributed by atoms with Crippen LogP contribution in [0.15, 0.2) is 82.6 Å². The van der Waals surface area contributed by atoms with E-state index in [0.717, 1.165) is 6.07 Å². The quantitative estimate of drug-likeness (QED) is 0.238. The van der Waals surface area contributed by atoms with Crippen LogP contribution in [-0.2, 0) is 6.18 Å². The number of thiophene rings is 1. The highest BCUT2D eigenvalue weighted by atomic mass is 79.9. The zero-order chi connectivity index (χ0) is 25.4. The molecule has 5 rings (SSSR count). The molecule has 1 N–H and O–H groups in total. The number of hydrogen-bond donors (Lipinski definition) is 1. The molecule has 6 nitrogen and oxygen atoms in total. The highest BCUT2D eigenvalue weighted by Crippen LogP contribution is 2.33. The summed E-state index contributed by atoms with van der Waals surface area (Å²) in [5.41, 5.74) is -0.524. The summed E-state index contributed by atoms with van der Waals surface area (Å²) in [6, 6.07) is 18.7. The molecule has 0 saturated heterocycles. The first kappa shape index (κ1) is 23.9. The molecule has 0 radical (unpaired) electrons. The molecule has 180 valence electrons. The fourth-order valence-electron chi connectivity index (χ4n) is 3.58. The van der Waals surface area contributed by atoms with Crippen molar-refractivity contribution in [2.75, 3.05) is 5.32 Å². The number of hydrogen-bond acceptors (Lipinski definition) is 5. The maximum atomic E-state index is 13.8. The SMILES string of the molecule is O=C(Nc1ccc(Br)cc1C(=O)c1ccccc1)c1cc2nc(-c3cccs3)cc(C(F)(F)F)n2n1. The van der Waals surface area contributed by atoms with Crippen LogP contribution in [0.3, 0.4) is 0 Å². The fraction of sp³-hybridized carbons (Fsp3) is 0.0400. The van der Waals surface area contributed by atoms with Gasteiger partial charge in [0.2, 0.25) is 0 Å². The Morgan fingerprint density at radius 2 is 1.75 bits per heavy atom. The van der Waals surface area contributed by atoms with Crippen LogP contribution in [-0.4, -0.2) is 26.3 Å². The number of nitrogens with zero attached hydrogens (tertiary/aromatic N) is 3. The lowest BCUT2D eigenvalue weighted by molar-refractivity contribution is -0.142. The number of nitrogens with one attached hydrogen (secondary N) is 1. The third-order valence-electron chi connectivity index (χ3n) is 5.23. The molecule has 0 spiro atoms. The molecule has 0 aliphatic rings. The minimum atomic E-state index is -4.73. The van der Waals surface area contributed by atoms with Crippen LogP contribution >= 0.6 is 27.3 Å². The van der Waals surface area contributed by atoms with Crippen molar-refractivity contribution < 1.29 is 22.8 Å². The number of rotatable bonds is 5. The van der Waals surface area contributed by atoms with Gasteiger partial charge in [0.15, 0.2) is 22.8 Å². The first-order valence-corrected chi connectivity index (χ1v) is 12.1. The summed E-state index contributed by atoms with van der Waals surface area (Å²) < 4.78 is 42.6. The predicted molar refractivity (Wildman–Crippen MR) is 133 cm³/mol. The maximum Gasteiger partial charge on any atom is 0.433 e. The topological polar surface area (TPSA) is 76.4 Å². The largest absolute Gasteiger partial charge is 0.433 e. The van der Waals surface area contributed by atoms with Crippen molar-refractivity contribution in [2.45, 2.75) is 6.18 Å². The molecule has 5 aromatic rings. The second kappa shape index (κ2) is 9.32. The number of halogens is 4. The molecule has 1 amide bonds. The van der Waals surface area contributed by atoms with E-state index < -0.39 is 17.8 Å². The normalized spacial score (nSPS) is 11.6. The average molecular weight is 571 g/mol. The molecule has 0 aliphatic heterocycles. The monoisotopic (exact) mass is 570 g/mol. The van der Waals surface area contributed by atoms with Gasteiger partial charge in [-0.1, -0.05) is 52.3 Å². The Hall–Kier alpha value is -3.83. The smallest absolute Gasteiger partial charge is 0.320 e. The van der Waals surface area contributed by atoms with Crippen LogP contribution < -0.4 is 5.32 Å². The van der Waals surface area contributed by atoms with E-state index in [1.165, 1.54) is 23.5 Å². The van der Waals surface area contributed by atoms with Crippen LogP contribution in [0.25, 0.3) is 16.2 Å². The van der Waals surface area contributed by atoms with Gasteiger partial charge in [0.1, 0.15) is 0 Å². The molecular formula is C25H14BrF3N4O2S. The van der Waals surface area contributed by atoms with Gasteiger partial charge in [-0.15, -0.1) is 11.3 Å². The van der Waals surface area contributed by atoms with Crippen LogP contribution in [0.4, 0.5) is 18.9 Å². The molecule has 36 heavy (non-hydrogen) atoms. The van der Waals surface area contributed by atoms with Crippen molar-refractivity contribution in [1.29, 1.82) is 0 Å². The van der Waals surface area contributed by atoms with Crippen molar-refractivity contribution in [3.63, 3.8) is 0 Å². The van der Waals surface area contributed by atoms with Crippen molar-refractivity contribution >= 4 is 50.3 Å². The number of ketones is 1. The van der Waals surface area contributed by atoms with E-state index in [1.807, 2.05) is 0 Å². The lowest BCUT2D eigenvalue weighted by atomic mass is 10.0. The molecule has 0 fully saturated rings. The molecule has 0 bridgehead atoms. The number of benzene rings is 2. The Bertz CT molecular complexity index is 1600. The summed E-state index contributed by atoms with van der Waals surface area (Å²) in [5, 5.41) is 8.21. The Morgan fingerprint density at radius 1 is 0.972 bits per heavy atom. The first-order valence-electron chi connectivity index (χ1n) is 10.4. The standard InChI is InChI=1S/C25H14BrF3N4O2S/c26-15-8-9-17(16(11-15)23(34)14-5-2-1-3-6-14)31-24(35)19-13-22-30-18(20-7-4-10-36-20)12-21(25(27,28)29)33(22)32-19/h1-13H,(H,31,35). The molecule has 0 aliphatic carbocycles. The number of anilines is 1. The molecule has 11 heteroatoms. The average Bonchev–Trinajstić information content (AvgIpc) is 3.54. The van der Waals surface area contributed by atoms with Crippen molar-refractivity contribution in [1.82, 2.24) is 14.6 Å². The van der Waals surface area contributed by atoms with Crippen LogP contribution in [0.2, 0.25) is 0 Å². The third kappa shape index (κ3) is 4.67. The lowest BCUT2D eigenvalue weighted by Crippen LogP contribution is -2.17. The molecule has 3 heterocycles. The van der Waals surface area contributed by atoms with Gasteiger partial charge in [0.25, 0.3) is 5.91 Å². The van der Waals surface area contributed by atoms with Gasteiger partial charge in [-0.3, -0.25) is 9.59 Å². The zero-order valence-corrected chi connectivity index (χ0v) is 20.5. The lowest BCUT2D eigenvalue weighted by Gasteiger charge is -2.11. The molecule has 0 atom stereocenters. The van der Waals surface area contributed by atoms with E-state index in [1.54, 1.807) is 60.0 Å². The van der Waals surface area contributed by atoms with Gasteiger partial charge >= 0.3 is 6.18 Å². The van der Waals surface area contributed by atoms with Crippen LogP contribution in [0.1, 0.15) is 32.1 Å². The molecule has 0 saturated carbocycles. The number of fused-ring (bicyclic) bond motifs is 1. The third-order valence-corrected chi connectivity index (χ3v) is 6.62. The minimum Gasteiger partial charge on any atom is -0.320 e. The van der Waals surface area contributed by atoms with Gasteiger partial charge in [-0.2, -0.15) is 18.3 Å². The number of carbonyl (C=O) groups excluding carboxylic acids is 2. The van der Waals surface area contributed by atoms with E-state index in [-0.39, 0.29) is 34.1 Å². The second-order valence-electron chi connectivity index (χ2n) is 7.64. The van der Waals surface area contributed by atoms with Crippen LogP contribution in [0.5, 0.6) is 0 Å². The number of alkyl halides is 3. The van der Waals surface area contributed by atoms with Gasteiger partial charge in [-0.05, 0) is 35.7 Å². The number of aromatic nitrogens is 3. The Balaban J connectivity index is 1.53. The molecule has 3 aromatic heterocycles. The minimum absolute atomic E-state index is 0.125. The van der Waals surface area contributed by atoms with Crippen molar-refractivity contribution in [2.24, 2.45) is 0 Å². The van der Waals surface area contributed by atoms with Crippen molar-refractivity contribution in [3.8, 4) is 10.6 Å². The summed E-state index contributed by atoms with van der Waals surface area (Å²) in [5.74, 6) is -1.11. The molecule has 0 unspecified atom stereocenters. The summed E-state index contributed by atoms with van der Waals surface area (Å²) in [7, 11) is 0. The Kier molecular flexibility index (Phi) is 6.19. The van der Waals surface area contributed by atoms with E-state index >= 15 is 0 Å². The number of carbonyl (C=O) groups is 2. The van der Waals surface area contributed by atoms with E-state index in [0.29, 0.717) is 19.4 Å². The van der Waals surface area contributed by atoms with E-state index in [4.69, 9.17) is 0 Å². The fourth-order valence-corrected chi connectivity index (χ4v) is 4.63. The van der Waals surface area contributed by atoms with Gasteiger partial charge in [0.05, 0.1) is 16.3 Å². The summed E-state index contributed by atoms with van der Waals surface area (Å²) in [6.45, 7) is 0. The molecular weight excluding hydrogens is 557 g/mol. The van der Waals surface area contributed by atoms with Gasteiger partial charge in [0, 0.05) is 21.7 Å². The van der Waals surface area contributed by atoms with Crippen molar-refractivity contribution in [3.05, 3.63) is 105 Å². The summed E-state index contributed by atoms with van der Waals surface area (Å²) in [6.07, 6.45) is -4.73. The predicted octanol–water partition coefficient (Wildman–Crippen LogP) is 6.72. The number of amides is 1. The Morgan fingerprint density at radius 3 is 2.44 bits per heavy atom. The maximum absolute atomic E-state index is 13.8. The summed E-state index contributed by atoms with van der Waals surface area (Å²) in [4.78, 5) is 30.9. The first-order chi connectivity index (χ1) is 17.2. The summed E-state index contributed by atoms with van der Waals surface area (Å²) >= 11 is 4.57. The van der Waals surface area contributed by atoms with Crippen LogP contribution in [0, 0.1) is 0 Å². The second-order valence-corrected chi connectivity index (χ2v) is 9.50. The zero-order valence-electron chi connectivity index (χ0n) is 18.1.